The van der Waals surface area contributed by atoms with Gasteiger partial charge < -0.3 is 18.9 Å². The summed E-state index contributed by atoms with van der Waals surface area (Å²) in [5.74, 6) is 0.606. The second-order valence-corrected chi connectivity index (χ2v) is 9.98. The Morgan fingerprint density at radius 3 is 2.63 bits per heavy atom. The van der Waals surface area contributed by atoms with Crippen molar-refractivity contribution in [3.8, 4) is 23.0 Å². The first-order chi connectivity index (χ1) is 16.8. The molecule has 8 nitrogen and oxygen atoms in total. The largest absolute Gasteiger partial charge is 0.483 e. The molecule has 0 atom stereocenters. The van der Waals surface area contributed by atoms with Gasteiger partial charge in [-0.25, -0.2) is 10.2 Å². The highest BCUT2D eigenvalue weighted by Crippen LogP contribution is 2.35. The van der Waals surface area contributed by atoms with Gasteiger partial charge >= 0.3 is 5.97 Å². The maximum Gasteiger partial charge on any atom is 0.343 e. The minimum atomic E-state index is -0.605. The van der Waals surface area contributed by atoms with Crippen LogP contribution in [0.2, 0.25) is 5.02 Å². The maximum absolute atomic E-state index is 12.8. The highest BCUT2D eigenvalue weighted by atomic mass is 79.9. The third kappa shape index (κ3) is 6.54. The fraction of sp³-hybridized carbons (Fsp3) is 0.0870. The van der Waals surface area contributed by atoms with E-state index in [0.717, 1.165) is 0 Å². The molecule has 3 aromatic carbocycles. The van der Waals surface area contributed by atoms with E-state index in [0.29, 0.717) is 41.3 Å². The van der Waals surface area contributed by atoms with E-state index in [1.54, 1.807) is 48.5 Å². The molecule has 0 bridgehead atoms. The smallest absolute Gasteiger partial charge is 0.343 e. The lowest BCUT2D eigenvalue weighted by molar-refractivity contribution is -0.123. The van der Waals surface area contributed by atoms with Crippen LogP contribution in [0.25, 0.3) is 0 Å². The van der Waals surface area contributed by atoms with Crippen molar-refractivity contribution in [2.24, 2.45) is 5.10 Å². The van der Waals surface area contributed by atoms with E-state index in [1.807, 2.05) is 0 Å². The zero-order chi connectivity index (χ0) is 24.9. The molecule has 0 radical (unpaired) electrons. The van der Waals surface area contributed by atoms with Crippen LogP contribution in [0.1, 0.15) is 15.9 Å². The van der Waals surface area contributed by atoms with Gasteiger partial charge in [0.2, 0.25) is 6.79 Å². The molecule has 0 unspecified atom stereocenters. The monoisotopic (exact) mass is 686 g/mol. The summed E-state index contributed by atoms with van der Waals surface area (Å²) in [7, 11) is 0. The fourth-order valence-electron chi connectivity index (χ4n) is 2.90. The average molecular weight is 690 g/mol. The van der Waals surface area contributed by atoms with Crippen molar-refractivity contribution in [2.45, 2.75) is 0 Å². The number of fused-ring (bicyclic) bond motifs is 1. The second kappa shape index (κ2) is 11.4. The molecule has 0 fully saturated rings. The Morgan fingerprint density at radius 2 is 1.83 bits per heavy atom. The third-order valence-electron chi connectivity index (χ3n) is 4.49. The minimum Gasteiger partial charge on any atom is -0.483 e. The summed E-state index contributed by atoms with van der Waals surface area (Å²) in [4.78, 5) is 24.9. The van der Waals surface area contributed by atoms with Crippen molar-refractivity contribution in [3.63, 3.8) is 0 Å². The van der Waals surface area contributed by atoms with Crippen LogP contribution in [-0.4, -0.2) is 31.5 Å². The quantitative estimate of drug-likeness (QED) is 0.139. The first-order valence-electron chi connectivity index (χ1n) is 9.81. The number of rotatable bonds is 7. The van der Waals surface area contributed by atoms with E-state index >= 15 is 0 Å². The van der Waals surface area contributed by atoms with E-state index in [2.05, 4.69) is 58.3 Å². The van der Waals surface area contributed by atoms with Crippen LogP contribution >= 0.6 is 59.4 Å². The number of amides is 1. The summed E-state index contributed by atoms with van der Waals surface area (Å²) in [5, 5.41) is 4.49. The number of hydrogen-bond acceptors (Lipinski definition) is 7. The van der Waals surface area contributed by atoms with Crippen LogP contribution < -0.4 is 24.4 Å². The molecule has 3 aromatic rings. The number of hydrogen-bond donors (Lipinski definition) is 1. The molecule has 4 rings (SSSR count). The Hall–Kier alpha value is -2.60. The lowest BCUT2D eigenvalue weighted by Crippen LogP contribution is -2.24. The van der Waals surface area contributed by atoms with Crippen molar-refractivity contribution >= 4 is 77.5 Å². The van der Waals surface area contributed by atoms with Gasteiger partial charge in [0.15, 0.2) is 23.9 Å². The Labute approximate surface area is 229 Å². The first kappa shape index (κ1) is 25.5. The van der Waals surface area contributed by atoms with E-state index < -0.39 is 11.9 Å². The minimum absolute atomic E-state index is 0.0977. The van der Waals surface area contributed by atoms with Crippen LogP contribution in [0.4, 0.5) is 0 Å². The molecule has 1 heterocycles. The molecule has 12 heteroatoms. The Kier molecular flexibility index (Phi) is 8.32. The molecule has 35 heavy (non-hydrogen) atoms. The van der Waals surface area contributed by atoms with Gasteiger partial charge in [-0.1, -0.05) is 27.5 Å². The number of benzene rings is 3. The number of nitrogens with zero attached hydrogens (tertiary/aromatic N) is 1. The summed E-state index contributed by atoms with van der Waals surface area (Å²) in [5.41, 5.74) is 3.09. The Bertz CT molecular complexity index is 1330. The predicted molar refractivity (Wildman–Crippen MR) is 140 cm³/mol. The van der Waals surface area contributed by atoms with Crippen LogP contribution in [0.3, 0.4) is 0 Å². The molecule has 0 spiro atoms. The number of halogens is 4. The Balaban J connectivity index is 1.42. The van der Waals surface area contributed by atoms with Crippen LogP contribution in [0.15, 0.2) is 67.1 Å². The van der Waals surface area contributed by atoms with Gasteiger partial charge in [0.25, 0.3) is 5.91 Å². The van der Waals surface area contributed by atoms with Crippen LogP contribution in [0.5, 0.6) is 23.0 Å². The molecule has 180 valence electrons. The van der Waals surface area contributed by atoms with Gasteiger partial charge in [-0.15, -0.1) is 0 Å². The lowest BCUT2D eigenvalue weighted by Gasteiger charge is -2.11. The van der Waals surface area contributed by atoms with E-state index in [9.17, 15) is 9.59 Å². The molecular formula is C23H14Br3ClN2O6. The first-order valence-corrected chi connectivity index (χ1v) is 12.6. The van der Waals surface area contributed by atoms with E-state index in [-0.39, 0.29) is 24.7 Å². The third-order valence-corrected chi connectivity index (χ3v) is 6.39. The number of carbonyl (C=O) groups is 2. The number of carbonyl (C=O) groups excluding carboxylic acids is 2. The molecule has 0 saturated carbocycles. The van der Waals surface area contributed by atoms with Gasteiger partial charge in [0, 0.05) is 15.1 Å². The molecular weight excluding hydrogens is 675 g/mol. The number of esters is 1. The number of nitrogens with one attached hydrogen (secondary N) is 1. The van der Waals surface area contributed by atoms with Crippen molar-refractivity contribution in [3.05, 3.63) is 78.1 Å². The summed E-state index contributed by atoms with van der Waals surface area (Å²) in [6.45, 7) is -0.174. The number of hydrazone groups is 1. The van der Waals surface area contributed by atoms with Crippen LogP contribution in [0, 0.1) is 0 Å². The zero-order valence-corrected chi connectivity index (χ0v) is 23.0. The van der Waals surface area contributed by atoms with Gasteiger partial charge in [-0.2, -0.15) is 5.10 Å². The molecule has 0 saturated heterocycles. The van der Waals surface area contributed by atoms with Gasteiger partial charge in [-0.05, 0) is 80.4 Å². The Morgan fingerprint density at radius 1 is 1.03 bits per heavy atom. The molecule has 0 aliphatic carbocycles. The summed E-state index contributed by atoms with van der Waals surface area (Å²) < 4.78 is 23.5. The van der Waals surface area contributed by atoms with Gasteiger partial charge in [0.1, 0.15) is 5.75 Å². The topological polar surface area (TPSA) is 95.5 Å². The molecule has 1 aliphatic rings. The highest BCUT2D eigenvalue weighted by molar-refractivity contribution is 9.11. The summed E-state index contributed by atoms with van der Waals surface area (Å²) in [6.07, 6.45) is 1.36. The average Bonchev–Trinajstić information content (AvgIpc) is 3.28. The van der Waals surface area contributed by atoms with Crippen LogP contribution in [-0.2, 0) is 4.79 Å². The maximum atomic E-state index is 12.8. The zero-order valence-electron chi connectivity index (χ0n) is 17.5. The van der Waals surface area contributed by atoms with E-state index in [1.165, 1.54) is 6.21 Å². The van der Waals surface area contributed by atoms with Gasteiger partial charge in [0.05, 0.1) is 20.7 Å². The summed E-state index contributed by atoms with van der Waals surface area (Å²) in [6, 6.07) is 13.1. The standard InChI is InChI=1S/C23H14Br3ClN2O6/c24-14-5-13(9-28-29-21(30)10-32-18-4-2-15(27)8-16(18)25)22(17(26)7-14)35-23(31)12-1-3-19-20(6-12)34-11-33-19/h1-9H,10-11H2,(H,29,30). The predicted octanol–water partition coefficient (Wildman–Crippen LogP) is 6.10. The lowest BCUT2D eigenvalue weighted by atomic mass is 10.2. The van der Waals surface area contributed by atoms with Crippen molar-refractivity contribution < 1.29 is 28.5 Å². The molecule has 0 aromatic heterocycles. The van der Waals surface area contributed by atoms with E-state index in [4.69, 9.17) is 30.5 Å². The number of ether oxygens (including phenoxy) is 4. The second-order valence-electron chi connectivity index (χ2n) is 6.92. The van der Waals surface area contributed by atoms with Crippen molar-refractivity contribution in [1.82, 2.24) is 5.43 Å². The highest BCUT2D eigenvalue weighted by Gasteiger charge is 2.19. The SMILES string of the molecule is O=C(COc1ccc(Cl)cc1Br)NN=Cc1cc(Br)cc(Br)c1OC(=O)c1ccc2c(c1)OCO2. The van der Waals surface area contributed by atoms with Gasteiger partial charge in [-0.3, -0.25) is 4.79 Å². The van der Waals surface area contributed by atoms with Crippen molar-refractivity contribution in [1.29, 1.82) is 0 Å². The summed E-state index contributed by atoms with van der Waals surface area (Å²) >= 11 is 16.0. The molecule has 1 aliphatic heterocycles. The van der Waals surface area contributed by atoms with Crippen molar-refractivity contribution in [2.75, 3.05) is 13.4 Å². The molecule has 1 amide bonds. The normalized spacial score (nSPS) is 12.0. The molecule has 1 N–H and O–H groups in total. The fourth-order valence-corrected chi connectivity index (χ4v) is 5.04.